The van der Waals surface area contributed by atoms with E-state index in [0.29, 0.717) is 38.8 Å². The maximum Gasteiger partial charge on any atom is 0.183 e. The van der Waals surface area contributed by atoms with E-state index in [-0.39, 0.29) is 13.2 Å². The first kappa shape index (κ1) is 28.7. The first-order valence-electron chi connectivity index (χ1n) is 12.2. The molecule has 0 aliphatic heterocycles. The summed E-state index contributed by atoms with van der Waals surface area (Å²) in [7, 11) is 0. The minimum absolute atomic E-state index is 0.202. The highest BCUT2D eigenvalue weighted by Gasteiger charge is 2.11. The minimum atomic E-state index is -0.538. The van der Waals surface area contributed by atoms with E-state index in [2.05, 4.69) is 27.5 Å². The molecule has 0 saturated heterocycles. The second-order valence-corrected chi connectivity index (χ2v) is 9.68. The molecule has 39 heavy (non-hydrogen) atoms. The van der Waals surface area contributed by atoms with Gasteiger partial charge in [-0.25, -0.2) is 0 Å². The molecule has 2 aromatic heterocycles. The van der Waals surface area contributed by atoms with Crippen LogP contribution in [-0.4, -0.2) is 23.2 Å². The lowest BCUT2D eigenvalue weighted by Crippen LogP contribution is -2.21. The second kappa shape index (κ2) is 14.2. The second-order valence-electron chi connectivity index (χ2n) is 8.43. The molecule has 0 saturated carbocycles. The number of aromatic nitrogens is 2. The van der Waals surface area contributed by atoms with Crippen molar-refractivity contribution in [1.82, 2.24) is 9.97 Å². The highest BCUT2D eigenvalue weighted by Crippen LogP contribution is 2.27. The van der Waals surface area contributed by atoms with Crippen LogP contribution in [0.15, 0.2) is 73.1 Å². The predicted octanol–water partition coefficient (Wildman–Crippen LogP) is 7.07. The first-order chi connectivity index (χ1) is 18.9. The number of hydrogen-bond donors (Lipinski definition) is 3. The van der Waals surface area contributed by atoms with Gasteiger partial charge < -0.3 is 26.0 Å². The lowest BCUT2D eigenvalue weighted by molar-refractivity contribution is -0.210. The predicted molar refractivity (Wildman–Crippen MR) is 156 cm³/mol. The average Bonchev–Trinajstić information content (AvgIpc) is 2.94. The maximum atomic E-state index is 6.34. The molecule has 204 valence electrons. The molecule has 0 aliphatic rings. The van der Waals surface area contributed by atoms with Gasteiger partial charge >= 0.3 is 0 Å². The van der Waals surface area contributed by atoms with Crippen molar-refractivity contribution in [3.05, 3.63) is 105 Å². The van der Waals surface area contributed by atoms with Crippen LogP contribution in [0.3, 0.4) is 0 Å². The molecule has 0 spiro atoms. The van der Waals surface area contributed by atoms with Gasteiger partial charge in [0.15, 0.2) is 5.75 Å². The van der Waals surface area contributed by atoms with Crippen molar-refractivity contribution in [2.75, 3.05) is 23.8 Å². The summed E-state index contributed by atoms with van der Waals surface area (Å²) in [5.74, 6) is 1.06. The maximum absolute atomic E-state index is 6.34. The monoisotopic (exact) mass is 587 g/mol. The average molecular weight is 589 g/mol. The molecule has 8 nitrogen and oxygen atoms in total. The van der Waals surface area contributed by atoms with Gasteiger partial charge in [-0.3, -0.25) is 9.97 Å². The van der Waals surface area contributed by atoms with E-state index >= 15 is 0 Å². The van der Waals surface area contributed by atoms with Crippen LogP contribution in [0.5, 0.6) is 11.5 Å². The number of anilines is 2. The molecular weight excluding hydrogens is 561 g/mol. The number of pyridine rings is 2. The number of ether oxygens (including phenoxy) is 1. The molecule has 0 amide bonds. The van der Waals surface area contributed by atoms with E-state index < -0.39 is 6.17 Å². The molecule has 2 heterocycles. The Morgan fingerprint density at radius 2 is 1.62 bits per heavy atom. The van der Waals surface area contributed by atoms with Crippen molar-refractivity contribution < 1.29 is 14.5 Å². The minimum Gasteiger partial charge on any atom is -0.489 e. The van der Waals surface area contributed by atoms with Crippen molar-refractivity contribution in [3.63, 3.8) is 0 Å². The number of nitrogens with one attached hydrogen (secondary N) is 2. The van der Waals surface area contributed by atoms with Crippen LogP contribution < -0.4 is 26.0 Å². The van der Waals surface area contributed by atoms with Gasteiger partial charge in [-0.1, -0.05) is 47.8 Å². The molecule has 0 radical (unpaired) electrons. The summed E-state index contributed by atoms with van der Waals surface area (Å²) in [6.07, 6.45) is 3.55. The summed E-state index contributed by atoms with van der Waals surface area (Å²) in [5, 5.41) is 8.15. The fourth-order valence-corrected chi connectivity index (χ4v) is 4.22. The number of nitrogens with zero attached hydrogens (tertiary/aromatic N) is 2. The smallest absolute Gasteiger partial charge is 0.183 e. The number of rotatable bonds is 13. The van der Waals surface area contributed by atoms with Gasteiger partial charge in [0.1, 0.15) is 25.1 Å². The molecule has 0 fully saturated rings. The van der Waals surface area contributed by atoms with Crippen LogP contribution in [0.25, 0.3) is 0 Å². The molecule has 0 aliphatic carbocycles. The van der Waals surface area contributed by atoms with E-state index in [9.17, 15) is 0 Å². The summed E-state index contributed by atoms with van der Waals surface area (Å²) in [4.78, 5) is 19.2. The molecule has 11 heteroatoms. The molecule has 4 N–H and O–H groups in total. The highest BCUT2D eigenvalue weighted by molar-refractivity contribution is 6.36. The van der Waals surface area contributed by atoms with Crippen molar-refractivity contribution in [2.45, 2.75) is 26.1 Å². The van der Waals surface area contributed by atoms with Gasteiger partial charge in [-0.05, 0) is 66.6 Å². The first-order valence-corrected chi connectivity index (χ1v) is 13.4. The topological polar surface area (TPSA) is 104 Å². The lowest BCUT2D eigenvalue weighted by atomic mass is 10.1. The van der Waals surface area contributed by atoms with E-state index in [4.69, 9.17) is 55.0 Å². The standard InChI is InChI=1S/C28H28Cl3N5O3/c1-2-18-3-8-26(23(30)13-18)36-28(32)27-10-7-22(17-35-27)39-38-12-11-37-21-6-5-20(33-16-21)15-34-25-9-4-19(29)14-24(25)31/h3-10,13-14,16-17,28,34,36H,2,11-12,15,32H2,1H3. The Morgan fingerprint density at radius 1 is 0.846 bits per heavy atom. The zero-order valence-electron chi connectivity index (χ0n) is 21.2. The van der Waals surface area contributed by atoms with Crippen LogP contribution in [0.2, 0.25) is 15.1 Å². The van der Waals surface area contributed by atoms with Crippen LogP contribution in [0, 0.1) is 0 Å². The summed E-state index contributed by atoms with van der Waals surface area (Å²) >= 11 is 18.4. The van der Waals surface area contributed by atoms with Crippen molar-refractivity contribution in [3.8, 4) is 11.5 Å². The summed E-state index contributed by atoms with van der Waals surface area (Å²) < 4.78 is 5.65. The highest BCUT2D eigenvalue weighted by atomic mass is 35.5. The molecule has 4 aromatic rings. The van der Waals surface area contributed by atoms with Gasteiger partial charge in [-0.15, -0.1) is 0 Å². The number of aryl methyl sites for hydroxylation is 1. The van der Waals surface area contributed by atoms with Gasteiger partial charge in [0.05, 0.1) is 51.7 Å². The van der Waals surface area contributed by atoms with Crippen LogP contribution >= 0.6 is 34.8 Å². The Labute approximate surface area is 242 Å². The Kier molecular flexibility index (Phi) is 10.5. The Morgan fingerprint density at radius 3 is 2.31 bits per heavy atom. The third-order valence-corrected chi connectivity index (χ3v) is 6.47. The van der Waals surface area contributed by atoms with E-state index in [1.165, 1.54) is 6.20 Å². The Hall–Kier alpha value is -3.27. The quantitative estimate of drug-likeness (QED) is 0.0659. The van der Waals surface area contributed by atoms with Crippen molar-refractivity contribution >= 4 is 46.2 Å². The Balaban J connectivity index is 1.15. The van der Waals surface area contributed by atoms with E-state index in [0.717, 1.165) is 29.1 Å². The fraction of sp³-hybridized carbons (Fsp3) is 0.214. The number of nitrogens with two attached hydrogens (primary N) is 1. The molecule has 4 rings (SSSR count). The van der Waals surface area contributed by atoms with Crippen LogP contribution in [0.4, 0.5) is 11.4 Å². The summed E-state index contributed by atoms with van der Waals surface area (Å²) in [6.45, 7) is 3.06. The number of halogens is 3. The van der Waals surface area contributed by atoms with Gasteiger partial charge in [0, 0.05) is 5.02 Å². The summed E-state index contributed by atoms with van der Waals surface area (Å²) in [6, 6.07) is 18.3. The van der Waals surface area contributed by atoms with Gasteiger partial charge in [-0.2, -0.15) is 4.89 Å². The van der Waals surface area contributed by atoms with Crippen molar-refractivity contribution in [2.24, 2.45) is 5.73 Å². The SMILES string of the molecule is CCc1ccc(NC(N)c2ccc(OOCCOc3ccc(CNc4ccc(Cl)cc4Cl)nc3)cn2)c(Cl)c1. The van der Waals surface area contributed by atoms with E-state index in [1.54, 1.807) is 30.5 Å². The molecule has 1 atom stereocenters. The number of hydrogen-bond acceptors (Lipinski definition) is 8. The summed E-state index contributed by atoms with van der Waals surface area (Å²) in [5.41, 5.74) is 10.4. The molecular formula is C28H28Cl3N5O3. The van der Waals surface area contributed by atoms with Crippen molar-refractivity contribution in [1.29, 1.82) is 0 Å². The van der Waals surface area contributed by atoms with Gasteiger partial charge in [0.25, 0.3) is 0 Å². The van der Waals surface area contributed by atoms with Gasteiger partial charge in [0.2, 0.25) is 0 Å². The van der Waals surface area contributed by atoms with E-state index in [1.807, 2.05) is 36.4 Å². The molecule has 0 bridgehead atoms. The fourth-order valence-electron chi connectivity index (χ4n) is 3.48. The molecule has 2 aromatic carbocycles. The molecule has 1 unspecified atom stereocenters. The normalized spacial score (nSPS) is 11.6. The lowest BCUT2D eigenvalue weighted by Gasteiger charge is -2.16. The van der Waals surface area contributed by atoms with Crippen LogP contribution in [-0.2, 0) is 17.9 Å². The largest absolute Gasteiger partial charge is 0.489 e. The third-order valence-electron chi connectivity index (χ3n) is 5.61. The van der Waals surface area contributed by atoms with Crippen LogP contribution in [0.1, 0.15) is 30.0 Å². The Bertz CT molecular complexity index is 1360. The zero-order valence-corrected chi connectivity index (χ0v) is 23.4. The zero-order chi connectivity index (χ0) is 27.6. The third kappa shape index (κ3) is 8.61. The number of benzene rings is 2.